The zero-order valence-electron chi connectivity index (χ0n) is 11.3. The zero-order chi connectivity index (χ0) is 14.8. The number of aliphatic hydroxyl groups excluding tert-OH is 1. The Bertz CT molecular complexity index is 768. The van der Waals surface area contributed by atoms with E-state index in [1.807, 2.05) is 30.5 Å². The number of benzene rings is 1. The van der Waals surface area contributed by atoms with Gasteiger partial charge in [0, 0.05) is 11.8 Å². The molecule has 5 nitrogen and oxygen atoms in total. The highest BCUT2D eigenvalue weighted by molar-refractivity contribution is 7.09. The van der Waals surface area contributed by atoms with Crippen molar-refractivity contribution >= 4 is 22.9 Å². The van der Waals surface area contributed by atoms with E-state index < -0.39 is 0 Å². The van der Waals surface area contributed by atoms with Gasteiger partial charge in [-0.3, -0.25) is 0 Å². The van der Waals surface area contributed by atoms with Gasteiger partial charge in [0.05, 0.1) is 22.3 Å². The smallest absolute Gasteiger partial charge is 0.201 e. The molecule has 2 heterocycles. The van der Waals surface area contributed by atoms with Crippen LogP contribution in [0, 0.1) is 6.92 Å². The van der Waals surface area contributed by atoms with Gasteiger partial charge in [-0.15, -0.1) is 16.4 Å². The molecule has 2 aromatic heterocycles. The van der Waals surface area contributed by atoms with Crippen molar-refractivity contribution in [3.05, 3.63) is 45.5 Å². The highest BCUT2D eigenvalue weighted by atomic mass is 35.5. The Hall–Kier alpha value is -1.76. The molecule has 0 amide bonds. The molecule has 0 aliphatic heterocycles. The number of aromatic nitrogens is 4. The maximum atomic E-state index is 9.22. The summed E-state index contributed by atoms with van der Waals surface area (Å²) in [6.45, 7) is 1.94. The van der Waals surface area contributed by atoms with Gasteiger partial charge in [0.25, 0.3) is 0 Å². The van der Waals surface area contributed by atoms with Crippen LogP contribution >= 0.6 is 22.9 Å². The summed E-state index contributed by atoms with van der Waals surface area (Å²) in [5.41, 5.74) is 1.48. The van der Waals surface area contributed by atoms with Crippen molar-refractivity contribution in [2.45, 2.75) is 13.3 Å². The lowest BCUT2D eigenvalue weighted by molar-refractivity contribution is 0.295. The van der Waals surface area contributed by atoms with Crippen molar-refractivity contribution in [1.29, 1.82) is 0 Å². The van der Waals surface area contributed by atoms with Gasteiger partial charge in [0.2, 0.25) is 5.82 Å². The summed E-state index contributed by atoms with van der Waals surface area (Å²) in [5, 5.41) is 17.2. The molecule has 0 aliphatic rings. The van der Waals surface area contributed by atoms with E-state index in [1.165, 1.54) is 0 Å². The van der Waals surface area contributed by atoms with Gasteiger partial charge >= 0.3 is 0 Å². The molecule has 0 bridgehead atoms. The maximum Gasteiger partial charge on any atom is 0.201 e. The van der Waals surface area contributed by atoms with E-state index in [-0.39, 0.29) is 6.61 Å². The summed E-state index contributed by atoms with van der Waals surface area (Å²) in [5.74, 6) is 1.20. The lowest BCUT2D eigenvalue weighted by Gasteiger charge is -2.06. The molecule has 7 heteroatoms. The first-order valence-electron chi connectivity index (χ1n) is 6.43. The fourth-order valence-corrected chi connectivity index (χ4v) is 2.80. The number of hydrogen-bond donors (Lipinski definition) is 1. The topological polar surface area (TPSA) is 63.8 Å². The van der Waals surface area contributed by atoms with Gasteiger partial charge in [-0.25, -0.2) is 14.6 Å². The Morgan fingerprint density at radius 2 is 2.10 bits per heavy atom. The van der Waals surface area contributed by atoms with Crippen molar-refractivity contribution in [2.75, 3.05) is 6.61 Å². The van der Waals surface area contributed by atoms with Crippen LogP contribution in [0.5, 0.6) is 0 Å². The highest BCUT2D eigenvalue weighted by Crippen LogP contribution is 2.24. The predicted molar refractivity (Wildman–Crippen MR) is 83.0 cm³/mol. The first-order valence-corrected chi connectivity index (χ1v) is 7.69. The SMILES string of the molecule is Cc1nc(-c2nc(CCO)n(-c3ccccc3Cl)n2)cs1. The lowest BCUT2D eigenvalue weighted by Crippen LogP contribution is -2.05. The first kappa shape index (κ1) is 14.2. The molecular formula is C14H13ClN4OS. The largest absolute Gasteiger partial charge is 0.396 e. The van der Waals surface area contributed by atoms with Crippen LogP contribution in [0.2, 0.25) is 5.02 Å². The highest BCUT2D eigenvalue weighted by Gasteiger charge is 2.16. The van der Waals surface area contributed by atoms with E-state index in [2.05, 4.69) is 15.1 Å². The number of nitrogens with zero attached hydrogens (tertiary/aromatic N) is 4. The summed E-state index contributed by atoms with van der Waals surface area (Å²) in [6.07, 6.45) is 0.404. The average molecular weight is 321 g/mol. The molecule has 0 saturated heterocycles. The summed E-state index contributed by atoms with van der Waals surface area (Å²) < 4.78 is 1.67. The van der Waals surface area contributed by atoms with E-state index in [9.17, 15) is 5.11 Å². The first-order chi connectivity index (χ1) is 10.2. The molecule has 0 unspecified atom stereocenters. The number of thiazole rings is 1. The number of hydrogen-bond acceptors (Lipinski definition) is 5. The molecule has 1 aromatic carbocycles. The van der Waals surface area contributed by atoms with Gasteiger partial charge in [-0.1, -0.05) is 23.7 Å². The molecule has 0 radical (unpaired) electrons. The Morgan fingerprint density at radius 1 is 1.29 bits per heavy atom. The molecule has 0 atom stereocenters. The maximum absolute atomic E-state index is 9.22. The fourth-order valence-electron chi connectivity index (χ4n) is 2.00. The lowest BCUT2D eigenvalue weighted by atomic mass is 10.3. The molecule has 3 rings (SSSR count). The van der Waals surface area contributed by atoms with Crippen LogP contribution in [0.1, 0.15) is 10.8 Å². The van der Waals surface area contributed by atoms with Crippen LogP contribution in [-0.4, -0.2) is 31.5 Å². The third-order valence-electron chi connectivity index (χ3n) is 2.94. The normalized spacial score (nSPS) is 11.0. The number of rotatable bonds is 4. The Morgan fingerprint density at radius 3 is 2.76 bits per heavy atom. The number of para-hydroxylation sites is 1. The fraction of sp³-hybridized carbons (Fsp3) is 0.214. The second kappa shape index (κ2) is 5.93. The molecule has 1 N–H and O–H groups in total. The number of halogens is 1. The third kappa shape index (κ3) is 2.83. The van der Waals surface area contributed by atoms with E-state index in [0.717, 1.165) is 16.4 Å². The minimum Gasteiger partial charge on any atom is -0.396 e. The summed E-state index contributed by atoms with van der Waals surface area (Å²) in [4.78, 5) is 8.87. The summed E-state index contributed by atoms with van der Waals surface area (Å²) >= 11 is 7.78. The quantitative estimate of drug-likeness (QED) is 0.803. The van der Waals surface area contributed by atoms with Crippen LogP contribution in [0.3, 0.4) is 0 Å². The average Bonchev–Trinajstić information content (AvgIpc) is 3.06. The Labute approximate surface area is 130 Å². The number of aryl methyl sites for hydroxylation is 1. The monoisotopic (exact) mass is 320 g/mol. The second-order valence-corrected chi connectivity index (χ2v) is 5.91. The number of aliphatic hydroxyl groups is 1. The van der Waals surface area contributed by atoms with Crippen molar-refractivity contribution in [2.24, 2.45) is 0 Å². The standard InChI is InChI=1S/C14H13ClN4OS/c1-9-16-11(8-21-9)14-17-13(6-7-20)19(18-14)12-5-3-2-4-10(12)15/h2-5,8,20H,6-7H2,1H3. The van der Waals surface area contributed by atoms with Crippen molar-refractivity contribution in [3.8, 4) is 17.2 Å². The second-order valence-electron chi connectivity index (χ2n) is 4.44. The van der Waals surface area contributed by atoms with Crippen LogP contribution in [0.15, 0.2) is 29.6 Å². The zero-order valence-corrected chi connectivity index (χ0v) is 12.9. The minimum absolute atomic E-state index is 0.00131. The Kier molecular flexibility index (Phi) is 4.01. The van der Waals surface area contributed by atoms with Gasteiger partial charge in [0.1, 0.15) is 11.5 Å². The van der Waals surface area contributed by atoms with E-state index in [4.69, 9.17) is 11.6 Å². The minimum atomic E-state index is -0.00131. The molecule has 0 aliphatic carbocycles. The van der Waals surface area contributed by atoms with Crippen molar-refractivity contribution < 1.29 is 5.11 Å². The van der Waals surface area contributed by atoms with Crippen LogP contribution in [0.4, 0.5) is 0 Å². The Balaban J connectivity index is 2.11. The van der Waals surface area contributed by atoms with Gasteiger partial charge < -0.3 is 5.11 Å². The van der Waals surface area contributed by atoms with Gasteiger partial charge in [-0.05, 0) is 19.1 Å². The van der Waals surface area contributed by atoms with Crippen LogP contribution in [0.25, 0.3) is 17.2 Å². The van der Waals surface area contributed by atoms with Gasteiger partial charge in [-0.2, -0.15) is 0 Å². The molecule has 108 valence electrons. The molecule has 0 spiro atoms. The predicted octanol–water partition coefficient (Wildman–Crippen LogP) is 2.89. The molecule has 21 heavy (non-hydrogen) atoms. The summed E-state index contributed by atoms with van der Waals surface area (Å²) in [6, 6.07) is 7.42. The van der Waals surface area contributed by atoms with E-state index >= 15 is 0 Å². The van der Waals surface area contributed by atoms with Crippen molar-refractivity contribution in [3.63, 3.8) is 0 Å². The van der Waals surface area contributed by atoms with Crippen molar-refractivity contribution in [1.82, 2.24) is 19.7 Å². The summed E-state index contributed by atoms with van der Waals surface area (Å²) in [7, 11) is 0. The molecular weight excluding hydrogens is 308 g/mol. The van der Waals surface area contributed by atoms with Gasteiger partial charge in [0.15, 0.2) is 0 Å². The molecule has 0 saturated carbocycles. The van der Waals surface area contributed by atoms with E-state index in [1.54, 1.807) is 22.1 Å². The van der Waals surface area contributed by atoms with Crippen LogP contribution in [-0.2, 0) is 6.42 Å². The van der Waals surface area contributed by atoms with E-state index in [0.29, 0.717) is 23.1 Å². The molecule has 0 fully saturated rings. The van der Waals surface area contributed by atoms with Crippen LogP contribution < -0.4 is 0 Å². The molecule has 3 aromatic rings. The third-order valence-corrected chi connectivity index (χ3v) is 4.03.